The van der Waals surface area contributed by atoms with E-state index in [1.54, 1.807) is 0 Å². The summed E-state index contributed by atoms with van der Waals surface area (Å²) in [6, 6.07) is 5.56. The molecule has 1 saturated heterocycles. The van der Waals surface area contributed by atoms with Gasteiger partial charge in [0.25, 0.3) is 0 Å². The number of amides is 1. The molecule has 2 heterocycles. The van der Waals surface area contributed by atoms with E-state index in [0.717, 1.165) is 11.0 Å². The van der Waals surface area contributed by atoms with Crippen LogP contribution in [-0.2, 0) is 9.53 Å². The summed E-state index contributed by atoms with van der Waals surface area (Å²) in [4.78, 5) is 12.2. The van der Waals surface area contributed by atoms with Gasteiger partial charge in [0.2, 0.25) is 0 Å². The molecule has 3 rings (SSSR count). The molecular weight excluding hydrogens is 299 g/mol. The summed E-state index contributed by atoms with van der Waals surface area (Å²) in [7, 11) is 0. The summed E-state index contributed by atoms with van der Waals surface area (Å²) in [5, 5.41) is 2.84. The number of carbonyl (C=O) groups is 1. The van der Waals surface area contributed by atoms with E-state index >= 15 is 0 Å². The van der Waals surface area contributed by atoms with Gasteiger partial charge >= 0.3 is 110 Å². The molecule has 7 heteroatoms. The fraction of sp³-hybridized carbons (Fsp3) is 0.364. The molecule has 0 spiro atoms. The van der Waals surface area contributed by atoms with E-state index in [-0.39, 0.29) is 27.5 Å². The van der Waals surface area contributed by atoms with E-state index in [4.69, 9.17) is 10.5 Å². The van der Waals surface area contributed by atoms with Crippen LogP contribution in [0.4, 0.5) is 5.69 Å². The van der Waals surface area contributed by atoms with Crippen LogP contribution in [0.2, 0.25) is 0 Å². The summed E-state index contributed by atoms with van der Waals surface area (Å²) in [6.45, 7) is 0.791. The zero-order valence-electron chi connectivity index (χ0n) is 9.55. The minimum absolute atomic E-state index is 0.111. The van der Waals surface area contributed by atoms with Gasteiger partial charge in [-0.2, -0.15) is 0 Å². The Balaban J connectivity index is 1.88. The molecule has 0 radical (unpaired) electrons. The Bertz CT molecular complexity index is 591. The summed E-state index contributed by atoms with van der Waals surface area (Å²) >= 11 is -0.111. The molecule has 2 aromatic rings. The van der Waals surface area contributed by atoms with Crippen LogP contribution in [-0.4, -0.2) is 47.6 Å². The molecule has 1 aliphatic heterocycles. The van der Waals surface area contributed by atoms with Gasteiger partial charge in [-0.1, -0.05) is 0 Å². The van der Waals surface area contributed by atoms with Crippen molar-refractivity contribution in [1.29, 1.82) is 0 Å². The van der Waals surface area contributed by atoms with E-state index in [2.05, 4.69) is 13.3 Å². The van der Waals surface area contributed by atoms with Crippen LogP contribution in [0.15, 0.2) is 18.2 Å². The second kappa shape index (κ2) is 4.44. The number of benzene rings is 1. The number of rotatable bonds is 2. The Morgan fingerprint density at radius 3 is 3.17 bits per heavy atom. The van der Waals surface area contributed by atoms with Crippen molar-refractivity contribution >= 4 is 37.6 Å². The molecule has 94 valence electrons. The van der Waals surface area contributed by atoms with E-state index in [0.29, 0.717) is 18.7 Å². The first-order valence-electron chi connectivity index (χ1n) is 5.58. The number of hydrogen-bond donors (Lipinski definition) is 2. The van der Waals surface area contributed by atoms with Gasteiger partial charge in [0.1, 0.15) is 0 Å². The van der Waals surface area contributed by atoms with Gasteiger partial charge in [0.05, 0.1) is 0 Å². The van der Waals surface area contributed by atoms with E-state index in [9.17, 15) is 4.79 Å². The molecule has 1 aromatic carbocycles. The number of carbonyl (C=O) groups excluding carboxylic acids is 1. The molecule has 0 saturated carbocycles. The normalized spacial score (nSPS) is 23.4. The second-order valence-electron chi connectivity index (χ2n) is 4.35. The Labute approximate surface area is 110 Å². The van der Waals surface area contributed by atoms with Crippen LogP contribution < -0.4 is 11.1 Å². The van der Waals surface area contributed by atoms with Crippen molar-refractivity contribution in [2.75, 3.05) is 18.5 Å². The number of nitrogens with zero attached hydrogens (tertiary/aromatic N) is 2. The molecule has 1 unspecified atom stereocenters. The first kappa shape index (κ1) is 11.8. The summed E-state index contributed by atoms with van der Waals surface area (Å²) in [6.07, 6.45) is 0.541. The molecule has 6 nitrogen and oxygen atoms in total. The minimum atomic E-state index is -0.927. The molecule has 18 heavy (non-hydrogen) atoms. The zero-order valence-corrected chi connectivity index (χ0v) is 11.3. The fourth-order valence-electron chi connectivity index (χ4n) is 1.91. The quantitative estimate of drug-likeness (QED) is 0.746. The first-order valence-corrected chi connectivity index (χ1v) is 7.12. The van der Waals surface area contributed by atoms with E-state index < -0.39 is 5.54 Å². The molecule has 1 aromatic heterocycles. The fourth-order valence-corrected chi connectivity index (χ4v) is 3.07. The van der Waals surface area contributed by atoms with Crippen LogP contribution in [0.1, 0.15) is 6.42 Å². The molecule has 1 fully saturated rings. The molecule has 3 N–H and O–H groups in total. The molecule has 0 aliphatic carbocycles. The summed E-state index contributed by atoms with van der Waals surface area (Å²) < 4.78 is 13.8. The predicted molar refractivity (Wildman–Crippen MR) is 67.5 cm³/mol. The van der Waals surface area contributed by atoms with Crippen LogP contribution in [0.3, 0.4) is 0 Å². The Hall–Kier alpha value is -1.27. The Morgan fingerprint density at radius 1 is 1.50 bits per heavy atom. The van der Waals surface area contributed by atoms with Gasteiger partial charge in [0.15, 0.2) is 0 Å². The van der Waals surface area contributed by atoms with Gasteiger partial charge in [0, 0.05) is 0 Å². The van der Waals surface area contributed by atoms with Crippen LogP contribution in [0.5, 0.6) is 0 Å². The van der Waals surface area contributed by atoms with E-state index in [1.165, 1.54) is 0 Å². The number of ether oxygens (including phenoxy) is 1. The average molecular weight is 311 g/mol. The third-order valence-corrected chi connectivity index (χ3v) is 4.18. The van der Waals surface area contributed by atoms with Crippen molar-refractivity contribution < 1.29 is 9.53 Å². The summed E-state index contributed by atoms with van der Waals surface area (Å²) in [5.41, 5.74) is 7.35. The molecule has 0 bridgehead atoms. The Morgan fingerprint density at radius 2 is 2.39 bits per heavy atom. The van der Waals surface area contributed by atoms with Gasteiger partial charge < -0.3 is 0 Å². The van der Waals surface area contributed by atoms with Gasteiger partial charge in [-0.15, -0.1) is 0 Å². The van der Waals surface area contributed by atoms with Crippen molar-refractivity contribution in [3.05, 3.63) is 18.2 Å². The monoisotopic (exact) mass is 312 g/mol. The standard InChI is InChI=1S/C11H12N4O2Se/c12-11(4-5-17-6-11)10(16)13-7-2-1-3-8-9(7)15-18-14-8/h1-3H,4-6,12H2,(H,13,16). The van der Waals surface area contributed by atoms with Crippen molar-refractivity contribution in [2.24, 2.45) is 5.73 Å². The number of aromatic nitrogens is 2. The first-order chi connectivity index (χ1) is 8.69. The number of fused-ring (bicyclic) bond motifs is 1. The third kappa shape index (κ3) is 1.95. The summed E-state index contributed by atoms with van der Waals surface area (Å²) in [5.74, 6) is -0.219. The maximum absolute atomic E-state index is 12.2. The molecule has 1 atom stereocenters. The van der Waals surface area contributed by atoms with Gasteiger partial charge in [-0.05, 0) is 0 Å². The van der Waals surface area contributed by atoms with Crippen LogP contribution >= 0.6 is 0 Å². The molecule has 1 aliphatic rings. The number of nitrogens with two attached hydrogens (primary N) is 1. The molecular formula is C11H12N4O2Se. The van der Waals surface area contributed by atoms with Crippen molar-refractivity contribution in [1.82, 2.24) is 7.96 Å². The van der Waals surface area contributed by atoms with Crippen molar-refractivity contribution in [3.63, 3.8) is 0 Å². The topological polar surface area (TPSA) is 90.1 Å². The van der Waals surface area contributed by atoms with Crippen molar-refractivity contribution in [2.45, 2.75) is 12.0 Å². The number of nitrogens with one attached hydrogen (secondary N) is 1. The predicted octanol–water partition coefficient (Wildman–Crippen LogP) is -0.257. The maximum atomic E-state index is 12.2. The third-order valence-electron chi connectivity index (χ3n) is 3.04. The second-order valence-corrected chi connectivity index (χ2v) is 5.46. The SMILES string of the molecule is NC1(C(=O)Nc2cccc3n[se]nc23)CCOC1. The van der Waals surface area contributed by atoms with Crippen LogP contribution in [0.25, 0.3) is 11.0 Å². The van der Waals surface area contributed by atoms with Gasteiger partial charge in [-0.3, -0.25) is 0 Å². The number of anilines is 1. The van der Waals surface area contributed by atoms with Crippen molar-refractivity contribution in [3.8, 4) is 0 Å². The van der Waals surface area contributed by atoms with Crippen LogP contribution in [0, 0.1) is 0 Å². The molecule has 1 amide bonds. The zero-order chi connectivity index (χ0) is 12.6. The average Bonchev–Trinajstić information content (AvgIpc) is 2.98. The van der Waals surface area contributed by atoms with E-state index in [1.807, 2.05) is 18.2 Å². The van der Waals surface area contributed by atoms with Gasteiger partial charge in [-0.25, -0.2) is 0 Å². The Kier molecular flexibility index (Phi) is 2.91. The number of hydrogen-bond acceptors (Lipinski definition) is 5.